The number of aldehydes is 1. The molecule has 3 nitrogen and oxygen atoms in total. The summed E-state index contributed by atoms with van der Waals surface area (Å²) in [5, 5.41) is 0. The van der Waals surface area contributed by atoms with Gasteiger partial charge >= 0.3 is 0 Å². The predicted molar refractivity (Wildman–Crippen MR) is 51.0 cm³/mol. The molecule has 0 aliphatic heterocycles. The third kappa shape index (κ3) is 1.31. The van der Waals surface area contributed by atoms with Crippen LogP contribution in [0, 0.1) is 0 Å². The summed E-state index contributed by atoms with van der Waals surface area (Å²) in [5.41, 5.74) is 3.04. The third-order valence-corrected chi connectivity index (χ3v) is 2.20. The molecule has 1 aromatic heterocycles. The van der Waals surface area contributed by atoms with Crippen LogP contribution in [0.15, 0.2) is 18.5 Å². The molecular weight excluding hydrogens is 188 g/mol. The number of halogens is 1. The van der Waals surface area contributed by atoms with Crippen molar-refractivity contribution in [2.24, 2.45) is 0 Å². The monoisotopic (exact) mass is 194 g/mol. The highest BCUT2D eigenvalue weighted by atomic mass is 35.5. The zero-order valence-electron chi connectivity index (χ0n) is 6.75. The van der Waals surface area contributed by atoms with Crippen molar-refractivity contribution in [3.63, 3.8) is 0 Å². The molecule has 0 fully saturated rings. The van der Waals surface area contributed by atoms with E-state index in [0.29, 0.717) is 17.0 Å². The first kappa shape index (κ1) is 8.26. The number of nitrogens with one attached hydrogen (secondary N) is 1. The van der Waals surface area contributed by atoms with Crippen LogP contribution in [0.2, 0.25) is 0 Å². The van der Waals surface area contributed by atoms with Gasteiger partial charge in [0, 0.05) is 11.4 Å². The molecule has 0 aliphatic rings. The number of rotatable bonds is 2. The molecular formula is C9H7ClN2O. The van der Waals surface area contributed by atoms with Crippen molar-refractivity contribution >= 4 is 28.9 Å². The van der Waals surface area contributed by atoms with Crippen LogP contribution >= 0.6 is 11.6 Å². The second-order valence-corrected chi connectivity index (χ2v) is 3.00. The maximum Gasteiger partial charge on any atom is 0.152 e. The van der Waals surface area contributed by atoms with Gasteiger partial charge in [-0.25, -0.2) is 4.98 Å². The second kappa shape index (κ2) is 3.18. The average Bonchev–Trinajstić information content (AvgIpc) is 2.63. The zero-order chi connectivity index (χ0) is 9.26. The van der Waals surface area contributed by atoms with Crippen molar-refractivity contribution < 1.29 is 4.79 Å². The Morgan fingerprint density at radius 1 is 1.54 bits per heavy atom. The van der Waals surface area contributed by atoms with Crippen LogP contribution in [0.25, 0.3) is 11.0 Å². The van der Waals surface area contributed by atoms with Gasteiger partial charge < -0.3 is 4.98 Å². The van der Waals surface area contributed by atoms with Crippen molar-refractivity contribution in [1.29, 1.82) is 0 Å². The Morgan fingerprint density at radius 2 is 2.38 bits per heavy atom. The lowest BCUT2D eigenvalue weighted by atomic mass is 10.1. The van der Waals surface area contributed by atoms with Gasteiger partial charge in [-0.05, 0) is 17.7 Å². The first-order chi connectivity index (χ1) is 6.35. The van der Waals surface area contributed by atoms with Crippen LogP contribution in [-0.2, 0) is 5.88 Å². The van der Waals surface area contributed by atoms with E-state index < -0.39 is 0 Å². The lowest BCUT2D eigenvalue weighted by molar-refractivity contribution is 0.112. The van der Waals surface area contributed by atoms with Crippen molar-refractivity contribution in [3.8, 4) is 0 Å². The summed E-state index contributed by atoms with van der Waals surface area (Å²) in [6.07, 6.45) is 2.36. The van der Waals surface area contributed by atoms with E-state index in [1.54, 1.807) is 12.4 Å². The highest BCUT2D eigenvalue weighted by Crippen LogP contribution is 2.17. The van der Waals surface area contributed by atoms with Crippen LogP contribution in [0.3, 0.4) is 0 Å². The number of hydrogen-bond donors (Lipinski definition) is 1. The molecule has 0 aliphatic carbocycles. The minimum absolute atomic E-state index is 0.399. The van der Waals surface area contributed by atoms with Gasteiger partial charge in [0.25, 0.3) is 0 Å². The smallest absolute Gasteiger partial charge is 0.152 e. The molecule has 4 heteroatoms. The molecule has 0 atom stereocenters. The number of aromatic amines is 1. The molecule has 0 saturated carbocycles. The number of benzene rings is 1. The molecule has 66 valence electrons. The van der Waals surface area contributed by atoms with Crippen LogP contribution < -0.4 is 0 Å². The Morgan fingerprint density at radius 3 is 3.08 bits per heavy atom. The molecule has 1 N–H and O–H groups in total. The van der Waals surface area contributed by atoms with E-state index in [-0.39, 0.29) is 0 Å². The molecule has 0 spiro atoms. The van der Waals surface area contributed by atoms with Crippen LogP contribution in [0.4, 0.5) is 0 Å². The first-order valence-corrected chi connectivity index (χ1v) is 4.35. The fraction of sp³-hybridized carbons (Fsp3) is 0.111. The molecule has 0 saturated heterocycles. The summed E-state index contributed by atoms with van der Waals surface area (Å²) in [6, 6.07) is 3.64. The summed E-state index contributed by atoms with van der Waals surface area (Å²) in [5.74, 6) is 0.399. The highest BCUT2D eigenvalue weighted by Gasteiger charge is 2.04. The summed E-state index contributed by atoms with van der Waals surface area (Å²) in [7, 11) is 0. The van der Waals surface area contributed by atoms with E-state index in [0.717, 1.165) is 17.4 Å². The van der Waals surface area contributed by atoms with Crippen molar-refractivity contribution in [2.45, 2.75) is 5.88 Å². The number of carbonyl (C=O) groups excluding carboxylic acids is 1. The average molecular weight is 195 g/mol. The molecule has 2 rings (SSSR count). The zero-order valence-corrected chi connectivity index (χ0v) is 7.51. The number of carbonyl (C=O) groups is 1. The van der Waals surface area contributed by atoms with Gasteiger partial charge in [-0.15, -0.1) is 11.6 Å². The molecule has 0 unspecified atom stereocenters. The fourth-order valence-electron chi connectivity index (χ4n) is 1.31. The topological polar surface area (TPSA) is 45.8 Å². The number of aromatic nitrogens is 2. The first-order valence-electron chi connectivity index (χ1n) is 3.82. The van der Waals surface area contributed by atoms with Gasteiger partial charge in [0.2, 0.25) is 0 Å². The van der Waals surface area contributed by atoms with Gasteiger partial charge in [0.1, 0.15) is 0 Å². The van der Waals surface area contributed by atoms with Crippen LogP contribution in [-0.4, -0.2) is 16.3 Å². The highest BCUT2D eigenvalue weighted by molar-refractivity contribution is 6.17. The molecule has 13 heavy (non-hydrogen) atoms. The van der Waals surface area contributed by atoms with Crippen molar-refractivity contribution in [3.05, 3.63) is 29.6 Å². The van der Waals surface area contributed by atoms with Gasteiger partial charge in [0.05, 0.1) is 17.4 Å². The lowest BCUT2D eigenvalue weighted by Gasteiger charge is -1.97. The van der Waals surface area contributed by atoms with E-state index in [1.165, 1.54) is 0 Å². The SMILES string of the molecule is O=Cc1cc(CCl)cc2[nH]cnc12. The van der Waals surface area contributed by atoms with Gasteiger partial charge in [-0.2, -0.15) is 0 Å². The minimum Gasteiger partial charge on any atom is -0.345 e. The second-order valence-electron chi connectivity index (χ2n) is 2.74. The van der Waals surface area contributed by atoms with E-state index in [1.807, 2.05) is 6.07 Å². The molecule has 1 aromatic carbocycles. The molecule has 0 bridgehead atoms. The predicted octanol–water partition coefficient (Wildman–Crippen LogP) is 2.11. The Balaban J connectivity index is 2.77. The van der Waals surface area contributed by atoms with Crippen molar-refractivity contribution in [1.82, 2.24) is 9.97 Å². The third-order valence-electron chi connectivity index (χ3n) is 1.89. The number of fused-ring (bicyclic) bond motifs is 1. The van der Waals surface area contributed by atoms with Gasteiger partial charge in [-0.1, -0.05) is 0 Å². The van der Waals surface area contributed by atoms with E-state index in [2.05, 4.69) is 9.97 Å². The summed E-state index contributed by atoms with van der Waals surface area (Å²) < 4.78 is 0. The Labute approximate surface area is 79.7 Å². The normalized spacial score (nSPS) is 10.5. The number of hydrogen-bond acceptors (Lipinski definition) is 2. The number of nitrogens with zero attached hydrogens (tertiary/aromatic N) is 1. The minimum atomic E-state index is 0.399. The van der Waals surface area contributed by atoms with E-state index in [9.17, 15) is 4.79 Å². The Hall–Kier alpha value is -1.35. The van der Waals surface area contributed by atoms with Crippen LogP contribution in [0.1, 0.15) is 15.9 Å². The maximum absolute atomic E-state index is 10.7. The van der Waals surface area contributed by atoms with Gasteiger partial charge in [0.15, 0.2) is 6.29 Å². The summed E-state index contributed by atoms with van der Waals surface area (Å²) in [4.78, 5) is 17.7. The van der Waals surface area contributed by atoms with E-state index >= 15 is 0 Å². The van der Waals surface area contributed by atoms with E-state index in [4.69, 9.17) is 11.6 Å². The summed E-state index contributed by atoms with van der Waals surface area (Å²) in [6.45, 7) is 0. The molecule has 0 radical (unpaired) electrons. The molecule has 2 aromatic rings. The largest absolute Gasteiger partial charge is 0.345 e. The molecule has 1 heterocycles. The quantitative estimate of drug-likeness (QED) is 0.588. The fourth-order valence-corrected chi connectivity index (χ4v) is 1.46. The number of alkyl halides is 1. The Bertz CT molecular complexity index is 450. The lowest BCUT2D eigenvalue weighted by Crippen LogP contribution is -1.86. The number of H-pyrrole nitrogens is 1. The number of imidazole rings is 1. The summed E-state index contributed by atoms with van der Waals surface area (Å²) >= 11 is 5.67. The van der Waals surface area contributed by atoms with Crippen LogP contribution in [0.5, 0.6) is 0 Å². The van der Waals surface area contributed by atoms with Gasteiger partial charge in [-0.3, -0.25) is 4.79 Å². The Kier molecular flexibility index (Phi) is 2.02. The standard InChI is InChI=1S/C9H7ClN2O/c10-3-6-1-7(4-13)9-8(2-6)11-5-12-9/h1-2,4-5H,3H2,(H,11,12). The maximum atomic E-state index is 10.7. The molecule has 0 amide bonds. The van der Waals surface area contributed by atoms with Crippen molar-refractivity contribution in [2.75, 3.05) is 0 Å².